The summed E-state index contributed by atoms with van der Waals surface area (Å²) in [7, 11) is -3.71. The molecule has 0 radical (unpaired) electrons. The van der Waals surface area contributed by atoms with Crippen molar-refractivity contribution in [3.05, 3.63) is 23.8 Å². The number of benzene rings is 1. The molecule has 3 N–H and O–H groups in total. The van der Waals surface area contributed by atoms with Crippen LogP contribution in [-0.4, -0.2) is 14.3 Å². The molecule has 1 aromatic carbocycles. The van der Waals surface area contributed by atoms with Crippen molar-refractivity contribution in [3.63, 3.8) is 0 Å². The molecule has 1 aliphatic rings. The predicted octanol–water partition coefficient (Wildman–Crippen LogP) is 2.02. The average molecular weight is 296 g/mol. The topological polar surface area (TPSA) is 89.3 Å². The molecule has 0 spiro atoms. The molecule has 1 amide bonds. The van der Waals surface area contributed by atoms with Gasteiger partial charge in [0.2, 0.25) is 15.9 Å². The number of nitrogens with one attached hydrogen (secondary N) is 1. The number of sulfonamides is 1. The van der Waals surface area contributed by atoms with Crippen molar-refractivity contribution in [1.29, 1.82) is 0 Å². The molecular weight excluding hydrogens is 276 g/mol. The first-order chi connectivity index (χ1) is 9.29. The minimum atomic E-state index is -3.71. The highest BCUT2D eigenvalue weighted by Crippen LogP contribution is 2.32. The van der Waals surface area contributed by atoms with Gasteiger partial charge in [0.15, 0.2) is 0 Å². The van der Waals surface area contributed by atoms with E-state index in [-0.39, 0.29) is 16.7 Å². The van der Waals surface area contributed by atoms with Gasteiger partial charge in [-0.15, -0.1) is 0 Å². The Morgan fingerprint density at radius 1 is 1.35 bits per heavy atom. The van der Waals surface area contributed by atoms with Crippen LogP contribution in [0, 0.1) is 18.8 Å². The molecule has 1 saturated carbocycles. The zero-order valence-corrected chi connectivity index (χ0v) is 12.5. The molecule has 1 aromatic rings. The van der Waals surface area contributed by atoms with E-state index in [0.717, 1.165) is 19.3 Å². The summed E-state index contributed by atoms with van der Waals surface area (Å²) in [5.41, 5.74) is 1.33. The van der Waals surface area contributed by atoms with Gasteiger partial charge in [0.05, 0.1) is 4.90 Å². The van der Waals surface area contributed by atoms with Gasteiger partial charge < -0.3 is 5.32 Å². The average Bonchev–Trinajstić information content (AvgIpc) is 2.76. The Hall–Kier alpha value is -1.40. The lowest BCUT2D eigenvalue weighted by molar-refractivity contribution is -0.120. The number of hydrogen-bond donors (Lipinski definition) is 2. The molecule has 0 aromatic heterocycles. The minimum Gasteiger partial charge on any atom is -0.326 e. The summed E-state index contributed by atoms with van der Waals surface area (Å²) in [6, 6.07) is 4.48. The third-order valence-corrected chi connectivity index (χ3v) is 4.89. The molecule has 1 fully saturated rings. The molecule has 0 heterocycles. The Morgan fingerprint density at radius 2 is 2.05 bits per heavy atom. The van der Waals surface area contributed by atoms with E-state index in [9.17, 15) is 13.2 Å². The van der Waals surface area contributed by atoms with Crippen LogP contribution in [0.1, 0.15) is 31.7 Å². The summed E-state index contributed by atoms with van der Waals surface area (Å²) >= 11 is 0. The summed E-state index contributed by atoms with van der Waals surface area (Å²) in [6.07, 6.45) is 3.09. The highest BCUT2D eigenvalue weighted by atomic mass is 32.2. The smallest absolute Gasteiger partial charge is 0.238 e. The predicted molar refractivity (Wildman–Crippen MR) is 77.7 cm³/mol. The van der Waals surface area contributed by atoms with E-state index in [1.165, 1.54) is 12.1 Å². The van der Waals surface area contributed by atoms with Crippen molar-refractivity contribution in [1.82, 2.24) is 0 Å². The summed E-state index contributed by atoms with van der Waals surface area (Å²) in [4.78, 5) is 12.3. The second-order valence-corrected chi connectivity index (χ2v) is 7.09. The molecule has 2 rings (SSSR count). The number of anilines is 1. The fourth-order valence-corrected chi connectivity index (χ4v) is 3.31. The molecule has 110 valence electrons. The number of rotatable bonds is 3. The lowest BCUT2D eigenvalue weighted by Crippen LogP contribution is -2.25. The zero-order chi connectivity index (χ0) is 14.9. The van der Waals surface area contributed by atoms with E-state index in [0.29, 0.717) is 17.2 Å². The third-order valence-electron chi connectivity index (χ3n) is 3.98. The van der Waals surface area contributed by atoms with Crippen LogP contribution in [0.25, 0.3) is 0 Å². The van der Waals surface area contributed by atoms with Gasteiger partial charge in [-0.1, -0.05) is 13.3 Å². The maximum Gasteiger partial charge on any atom is 0.238 e. The molecule has 5 nitrogen and oxygen atoms in total. The second kappa shape index (κ2) is 5.54. The van der Waals surface area contributed by atoms with Crippen LogP contribution in [0.15, 0.2) is 23.1 Å². The van der Waals surface area contributed by atoms with E-state index in [1.807, 2.05) is 0 Å². The largest absolute Gasteiger partial charge is 0.326 e. The first-order valence-electron chi connectivity index (χ1n) is 6.73. The minimum absolute atomic E-state index is 0.0152. The van der Waals surface area contributed by atoms with Crippen LogP contribution in [0.3, 0.4) is 0 Å². The lowest BCUT2D eigenvalue weighted by atomic mass is 9.97. The maximum atomic E-state index is 12.2. The van der Waals surface area contributed by atoms with Crippen LogP contribution < -0.4 is 10.5 Å². The molecule has 0 bridgehead atoms. The van der Waals surface area contributed by atoms with Gasteiger partial charge in [0.1, 0.15) is 0 Å². The second-order valence-electron chi connectivity index (χ2n) is 5.53. The molecule has 2 unspecified atom stereocenters. The summed E-state index contributed by atoms with van der Waals surface area (Å²) in [6.45, 7) is 3.84. The van der Waals surface area contributed by atoms with E-state index in [4.69, 9.17) is 5.14 Å². The Kier molecular flexibility index (Phi) is 4.15. The summed E-state index contributed by atoms with van der Waals surface area (Å²) < 4.78 is 22.5. The lowest BCUT2D eigenvalue weighted by Gasteiger charge is -2.16. The molecule has 0 aliphatic heterocycles. The normalized spacial score (nSPS) is 22.8. The van der Waals surface area contributed by atoms with Crippen molar-refractivity contribution >= 4 is 21.6 Å². The van der Waals surface area contributed by atoms with Gasteiger partial charge in [-0.3, -0.25) is 4.79 Å². The molecule has 20 heavy (non-hydrogen) atoms. The fraction of sp³-hybridized carbons (Fsp3) is 0.500. The van der Waals surface area contributed by atoms with E-state index in [1.54, 1.807) is 13.0 Å². The van der Waals surface area contributed by atoms with Crippen LogP contribution in [0.2, 0.25) is 0 Å². The van der Waals surface area contributed by atoms with Gasteiger partial charge >= 0.3 is 0 Å². The number of carbonyl (C=O) groups is 1. The number of carbonyl (C=O) groups excluding carboxylic acids is 1. The van der Waals surface area contributed by atoms with Gasteiger partial charge in [0.25, 0.3) is 0 Å². The Morgan fingerprint density at radius 3 is 2.55 bits per heavy atom. The van der Waals surface area contributed by atoms with Gasteiger partial charge in [0, 0.05) is 11.6 Å². The van der Waals surface area contributed by atoms with Crippen molar-refractivity contribution in [2.75, 3.05) is 5.32 Å². The quantitative estimate of drug-likeness (QED) is 0.894. The van der Waals surface area contributed by atoms with Crippen LogP contribution in [-0.2, 0) is 14.8 Å². The number of hydrogen-bond acceptors (Lipinski definition) is 3. The highest BCUT2D eigenvalue weighted by Gasteiger charge is 2.29. The standard InChI is InChI=1S/C14H20N2O3S/c1-9-4-3-5-12(9)14(17)16-13-7-6-11(8-10(13)2)20(15,18)19/h6-9,12H,3-5H2,1-2H3,(H,16,17)(H2,15,18,19). The molecule has 0 saturated heterocycles. The van der Waals surface area contributed by atoms with Gasteiger partial charge in [-0.05, 0) is 49.4 Å². The summed E-state index contributed by atoms with van der Waals surface area (Å²) in [5.74, 6) is 0.466. The zero-order valence-electron chi connectivity index (χ0n) is 11.7. The van der Waals surface area contributed by atoms with E-state index < -0.39 is 10.0 Å². The first kappa shape index (κ1) is 15.0. The fourth-order valence-electron chi connectivity index (χ4n) is 2.71. The molecule has 2 atom stereocenters. The highest BCUT2D eigenvalue weighted by molar-refractivity contribution is 7.89. The van der Waals surface area contributed by atoms with Crippen molar-refractivity contribution in [3.8, 4) is 0 Å². The first-order valence-corrected chi connectivity index (χ1v) is 8.28. The Bertz CT molecular complexity index is 625. The van der Waals surface area contributed by atoms with Gasteiger partial charge in [-0.2, -0.15) is 0 Å². The Labute approximate surface area is 119 Å². The molecule has 6 heteroatoms. The van der Waals surface area contributed by atoms with Gasteiger partial charge in [-0.25, -0.2) is 13.6 Å². The number of primary sulfonamides is 1. The van der Waals surface area contributed by atoms with E-state index in [2.05, 4.69) is 12.2 Å². The number of nitrogens with two attached hydrogens (primary N) is 1. The van der Waals surface area contributed by atoms with Crippen LogP contribution in [0.5, 0.6) is 0 Å². The maximum absolute atomic E-state index is 12.2. The van der Waals surface area contributed by atoms with E-state index >= 15 is 0 Å². The number of aryl methyl sites for hydroxylation is 1. The SMILES string of the molecule is Cc1cc(S(N)(=O)=O)ccc1NC(=O)C1CCCC1C. The van der Waals surface area contributed by atoms with Crippen molar-refractivity contribution in [2.45, 2.75) is 38.0 Å². The van der Waals surface area contributed by atoms with Crippen LogP contribution in [0.4, 0.5) is 5.69 Å². The molecular formula is C14H20N2O3S. The van der Waals surface area contributed by atoms with Crippen molar-refractivity contribution < 1.29 is 13.2 Å². The monoisotopic (exact) mass is 296 g/mol. The summed E-state index contributed by atoms with van der Waals surface area (Å²) in [5, 5.41) is 7.97. The third kappa shape index (κ3) is 3.19. The molecule has 1 aliphatic carbocycles. The Balaban J connectivity index is 2.16. The number of amides is 1. The van der Waals surface area contributed by atoms with Crippen LogP contribution >= 0.6 is 0 Å². The van der Waals surface area contributed by atoms with Crippen molar-refractivity contribution in [2.24, 2.45) is 17.0 Å².